The summed E-state index contributed by atoms with van der Waals surface area (Å²) in [6, 6.07) is 8.85. The predicted octanol–water partition coefficient (Wildman–Crippen LogP) is 4.31. The zero-order chi connectivity index (χ0) is 13.9. The number of rotatable bonds is 4. The van der Waals surface area contributed by atoms with E-state index in [1.165, 1.54) is 31.2 Å². The zero-order valence-corrected chi connectivity index (χ0v) is 12.7. The highest BCUT2D eigenvalue weighted by atomic mass is 16.5. The van der Waals surface area contributed by atoms with Crippen molar-refractivity contribution in [1.29, 1.82) is 0 Å². The van der Waals surface area contributed by atoms with E-state index >= 15 is 0 Å². The highest BCUT2D eigenvalue weighted by Gasteiger charge is 2.27. The minimum atomic E-state index is 0.369. The van der Waals surface area contributed by atoms with E-state index in [2.05, 4.69) is 50.4 Å². The average molecular weight is 261 g/mol. The largest absolute Gasteiger partial charge is 0.490 e. The summed E-state index contributed by atoms with van der Waals surface area (Å²) in [6.07, 6.45) is 5.29. The lowest BCUT2D eigenvalue weighted by Gasteiger charge is -2.34. The maximum atomic E-state index is 6.16. The van der Waals surface area contributed by atoms with Gasteiger partial charge < -0.3 is 10.1 Å². The molecule has 0 radical (unpaired) electrons. The monoisotopic (exact) mass is 261 g/mol. The van der Waals surface area contributed by atoms with Gasteiger partial charge in [0.2, 0.25) is 0 Å². The second kappa shape index (κ2) is 5.96. The minimum Gasteiger partial charge on any atom is -0.490 e. The highest BCUT2D eigenvalue weighted by molar-refractivity contribution is 5.30. The number of hydrogen-bond acceptors (Lipinski definition) is 2. The van der Waals surface area contributed by atoms with Gasteiger partial charge in [-0.25, -0.2) is 0 Å². The lowest BCUT2D eigenvalue weighted by Crippen LogP contribution is -2.28. The van der Waals surface area contributed by atoms with Crippen LogP contribution in [0, 0.1) is 5.41 Å². The summed E-state index contributed by atoms with van der Waals surface area (Å²) in [4.78, 5) is 0. The number of benzene rings is 1. The van der Waals surface area contributed by atoms with Crippen LogP contribution in [-0.2, 0) is 0 Å². The molecule has 1 N–H and O–H groups in total. The van der Waals surface area contributed by atoms with Crippen LogP contribution in [0.5, 0.6) is 5.75 Å². The summed E-state index contributed by atoms with van der Waals surface area (Å²) in [5.41, 5.74) is 1.79. The molecule has 0 aromatic heterocycles. The maximum Gasteiger partial charge on any atom is 0.120 e. The Hall–Kier alpha value is -1.02. The molecule has 19 heavy (non-hydrogen) atoms. The van der Waals surface area contributed by atoms with Crippen LogP contribution in [0.4, 0.5) is 0 Å². The van der Waals surface area contributed by atoms with Crippen molar-refractivity contribution in [3.63, 3.8) is 0 Å². The van der Waals surface area contributed by atoms with Crippen LogP contribution in [0.15, 0.2) is 24.3 Å². The molecule has 1 aliphatic carbocycles. The van der Waals surface area contributed by atoms with Gasteiger partial charge in [0.15, 0.2) is 0 Å². The Labute approximate surface area is 117 Å². The van der Waals surface area contributed by atoms with Gasteiger partial charge >= 0.3 is 0 Å². The van der Waals surface area contributed by atoms with Crippen molar-refractivity contribution < 1.29 is 4.74 Å². The maximum absolute atomic E-state index is 6.16. The third-order valence-electron chi connectivity index (χ3n) is 4.38. The summed E-state index contributed by atoms with van der Waals surface area (Å²) in [7, 11) is 1.99. The van der Waals surface area contributed by atoms with Gasteiger partial charge in [-0.15, -0.1) is 0 Å². The fourth-order valence-electron chi connectivity index (χ4n) is 2.71. The topological polar surface area (TPSA) is 21.3 Å². The van der Waals surface area contributed by atoms with Crippen molar-refractivity contribution in [3.8, 4) is 5.75 Å². The Bertz CT molecular complexity index is 403. The lowest BCUT2D eigenvalue weighted by molar-refractivity contribution is 0.0987. The van der Waals surface area contributed by atoms with E-state index in [-0.39, 0.29) is 0 Å². The third kappa shape index (κ3) is 3.97. The van der Waals surface area contributed by atoms with Gasteiger partial charge in [0.1, 0.15) is 5.75 Å². The van der Waals surface area contributed by atoms with Crippen LogP contribution in [0.1, 0.15) is 58.1 Å². The van der Waals surface area contributed by atoms with Crippen molar-refractivity contribution >= 4 is 0 Å². The van der Waals surface area contributed by atoms with E-state index < -0.39 is 0 Å². The van der Waals surface area contributed by atoms with Gasteiger partial charge in [0.05, 0.1) is 6.10 Å². The average Bonchev–Trinajstić information content (AvgIpc) is 2.41. The quantitative estimate of drug-likeness (QED) is 0.871. The Balaban J connectivity index is 1.96. The fourth-order valence-corrected chi connectivity index (χ4v) is 2.71. The van der Waals surface area contributed by atoms with Crippen molar-refractivity contribution in [1.82, 2.24) is 5.32 Å². The van der Waals surface area contributed by atoms with Gasteiger partial charge in [-0.2, -0.15) is 0 Å². The summed E-state index contributed by atoms with van der Waals surface area (Å²) in [5.74, 6) is 1.02. The van der Waals surface area contributed by atoms with Crippen LogP contribution < -0.4 is 10.1 Å². The summed E-state index contributed by atoms with van der Waals surface area (Å²) < 4.78 is 6.16. The first kappa shape index (κ1) is 14.4. The second-order valence-corrected chi connectivity index (χ2v) is 6.56. The second-order valence-electron chi connectivity index (χ2n) is 6.56. The smallest absolute Gasteiger partial charge is 0.120 e. The summed E-state index contributed by atoms with van der Waals surface area (Å²) in [5, 5.41) is 3.27. The molecule has 1 aromatic rings. The molecule has 0 aliphatic heterocycles. The number of hydrogen-bond donors (Lipinski definition) is 1. The highest BCUT2D eigenvalue weighted by Crippen LogP contribution is 2.36. The standard InChI is InChI=1S/C17H27NO/c1-13(18-4)14-6-5-7-16(12-14)19-15-8-10-17(2,3)11-9-15/h5-7,12-13,15,18H,8-11H2,1-4H3. The molecule has 1 aliphatic rings. The predicted molar refractivity (Wildman–Crippen MR) is 80.6 cm³/mol. The van der Waals surface area contributed by atoms with Crippen molar-refractivity contribution in [2.24, 2.45) is 5.41 Å². The van der Waals surface area contributed by atoms with E-state index in [1.54, 1.807) is 0 Å². The molecular weight excluding hydrogens is 234 g/mol. The molecule has 1 saturated carbocycles. The van der Waals surface area contributed by atoms with Crippen LogP contribution >= 0.6 is 0 Å². The number of nitrogens with one attached hydrogen (secondary N) is 1. The van der Waals surface area contributed by atoms with Gasteiger partial charge in [0, 0.05) is 6.04 Å². The first-order valence-electron chi connectivity index (χ1n) is 7.44. The Morgan fingerprint density at radius 2 is 1.95 bits per heavy atom. The zero-order valence-electron chi connectivity index (χ0n) is 12.7. The van der Waals surface area contributed by atoms with Crippen LogP contribution in [0.2, 0.25) is 0 Å². The molecule has 106 valence electrons. The van der Waals surface area contributed by atoms with Crippen molar-refractivity contribution in [2.45, 2.75) is 58.6 Å². The Morgan fingerprint density at radius 1 is 1.26 bits per heavy atom. The van der Waals surface area contributed by atoms with E-state index in [0.717, 1.165) is 5.75 Å². The van der Waals surface area contributed by atoms with Crippen LogP contribution in [0.25, 0.3) is 0 Å². The molecule has 1 aromatic carbocycles. The third-order valence-corrected chi connectivity index (χ3v) is 4.38. The number of ether oxygens (including phenoxy) is 1. The summed E-state index contributed by atoms with van der Waals surface area (Å²) in [6.45, 7) is 6.89. The molecule has 1 unspecified atom stereocenters. The Morgan fingerprint density at radius 3 is 2.58 bits per heavy atom. The van der Waals surface area contributed by atoms with Gasteiger partial charge in [0.25, 0.3) is 0 Å². The molecule has 2 rings (SSSR count). The molecule has 2 heteroatoms. The molecule has 0 amide bonds. The van der Waals surface area contributed by atoms with Crippen LogP contribution in [-0.4, -0.2) is 13.2 Å². The first-order valence-corrected chi connectivity index (χ1v) is 7.44. The SMILES string of the molecule is CNC(C)c1cccc(OC2CCC(C)(C)CC2)c1. The molecular formula is C17H27NO. The fraction of sp³-hybridized carbons (Fsp3) is 0.647. The van der Waals surface area contributed by atoms with Crippen LogP contribution in [0.3, 0.4) is 0 Å². The van der Waals surface area contributed by atoms with E-state index in [0.29, 0.717) is 17.6 Å². The molecule has 0 spiro atoms. The van der Waals surface area contributed by atoms with E-state index in [9.17, 15) is 0 Å². The molecule has 0 saturated heterocycles. The molecule has 1 atom stereocenters. The summed E-state index contributed by atoms with van der Waals surface area (Å²) >= 11 is 0. The first-order chi connectivity index (χ1) is 9.00. The van der Waals surface area contributed by atoms with Crippen molar-refractivity contribution in [3.05, 3.63) is 29.8 Å². The van der Waals surface area contributed by atoms with Crippen molar-refractivity contribution in [2.75, 3.05) is 7.05 Å². The minimum absolute atomic E-state index is 0.369. The molecule has 1 fully saturated rings. The normalized spacial score (nSPS) is 21.1. The van der Waals surface area contributed by atoms with E-state index in [1.807, 2.05) is 7.05 Å². The van der Waals surface area contributed by atoms with Gasteiger partial charge in [-0.1, -0.05) is 26.0 Å². The van der Waals surface area contributed by atoms with Gasteiger partial charge in [-0.05, 0) is 62.8 Å². The molecule has 0 heterocycles. The van der Waals surface area contributed by atoms with Gasteiger partial charge in [-0.3, -0.25) is 0 Å². The molecule has 0 bridgehead atoms. The molecule has 2 nitrogen and oxygen atoms in total. The Kier molecular flexibility index (Phi) is 4.51. The van der Waals surface area contributed by atoms with E-state index in [4.69, 9.17) is 4.74 Å². The lowest BCUT2D eigenvalue weighted by atomic mass is 9.76.